The molecule has 0 spiro atoms. The molecule has 0 aliphatic carbocycles. The van der Waals surface area contributed by atoms with Crippen molar-refractivity contribution in [2.75, 3.05) is 20.1 Å². The highest BCUT2D eigenvalue weighted by Gasteiger charge is 2.26. The van der Waals surface area contributed by atoms with Gasteiger partial charge < -0.3 is 9.80 Å². The largest absolute Gasteiger partial charge is 0.346 e. The molecule has 6 nitrogen and oxygen atoms in total. The Labute approximate surface area is 160 Å². The summed E-state index contributed by atoms with van der Waals surface area (Å²) in [7, 11) is 3.73. The number of benzene rings is 1. The smallest absolute Gasteiger partial charge is 0.246 e. The summed E-state index contributed by atoms with van der Waals surface area (Å²) in [6, 6.07) is 10.0. The lowest BCUT2D eigenvalue weighted by Gasteiger charge is -2.32. The third-order valence-corrected chi connectivity index (χ3v) is 5.20. The number of aryl methyl sites for hydroxylation is 1. The second-order valence-electron chi connectivity index (χ2n) is 7.09. The van der Waals surface area contributed by atoms with Crippen molar-refractivity contribution in [3.05, 3.63) is 54.7 Å². The molecule has 1 aliphatic rings. The average Bonchev–Trinajstić information content (AvgIpc) is 3.09. The molecule has 1 fully saturated rings. The van der Waals surface area contributed by atoms with E-state index in [-0.39, 0.29) is 17.7 Å². The zero-order valence-electron chi connectivity index (χ0n) is 16.0. The number of hydrogen-bond acceptors (Lipinski definition) is 3. The third kappa shape index (κ3) is 4.27. The predicted octanol–water partition coefficient (Wildman–Crippen LogP) is 2.47. The van der Waals surface area contributed by atoms with Gasteiger partial charge in [-0.2, -0.15) is 5.10 Å². The lowest BCUT2D eigenvalue weighted by molar-refractivity contribution is -0.135. The first-order chi connectivity index (χ1) is 13.0. The summed E-state index contributed by atoms with van der Waals surface area (Å²) in [6.07, 6.45) is 4.51. The van der Waals surface area contributed by atoms with Crippen molar-refractivity contribution in [1.82, 2.24) is 19.6 Å². The molecule has 142 valence electrons. The van der Waals surface area contributed by atoms with Crippen LogP contribution in [0, 0.1) is 5.92 Å². The van der Waals surface area contributed by atoms with Gasteiger partial charge in [-0.05, 0) is 30.0 Å². The number of carbonyl (C=O) groups excluding carboxylic acids is 2. The van der Waals surface area contributed by atoms with E-state index in [9.17, 15) is 9.59 Å². The Hall–Kier alpha value is -2.89. The first-order valence-corrected chi connectivity index (χ1v) is 9.21. The van der Waals surface area contributed by atoms with Gasteiger partial charge in [-0.3, -0.25) is 14.3 Å². The fraction of sp³-hybridized carbons (Fsp3) is 0.381. The molecule has 0 radical (unpaired) electrons. The Bertz CT molecular complexity index is 842. The summed E-state index contributed by atoms with van der Waals surface area (Å²) in [5, 5.41) is 4.25. The van der Waals surface area contributed by atoms with E-state index in [1.54, 1.807) is 16.0 Å². The molecule has 2 aromatic rings. The summed E-state index contributed by atoms with van der Waals surface area (Å²) in [5.74, 6) is 0.218. The number of rotatable bonds is 6. The van der Waals surface area contributed by atoms with Crippen LogP contribution in [0.1, 0.15) is 18.4 Å². The number of piperidine rings is 1. The molecule has 6 heteroatoms. The maximum absolute atomic E-state index is 12.5. The van der Waals surface area contributed by atoms with Gasteiger partial charge in [-0.1, -0.05) is 30.8 Å². The predicted molar refractivity (Wildman–Crippen MR) is 105 cm³/mol. The van der Waals surface area contributed by atoms with E-state index in [2.05, 4.69) is 11.7 Å². The van der Waals surface area contributed by atoms with Crippen LogP contribution in [0.5, 0.6) is 0 Å². The van der Waals surface area contributed by atoms with E-state index in [0.29, 0.717) is 19.5 Å². The summed E-state index contributed by atoms with van der Waals surface area (Å²) in [5.41, 5.74) is 3.11. The van der Waals surface area contributed by atoms with Gasteiger partial charge in [0.2, 0.25) is 11.8 Å². The standard InChI is InChI=1S/C21H26N4O2/c1-4-20(26)25(14-16-10-12-23(2)21(27)13-16)15-17-7-5-6-8-18(17)19-9-11-22-24(19)3/h4-9,11,16H,1,10,12-15H2,2-3H3. The Morgan fingerprint density at radius 2 is 2.11 bits per heavy atom. The molecule has 1 aromatic carbocycles. The molecule has 1 unspecified atom stereocenters. The Morgan fingerprint density at radius 1 is 1.33 bits per heavy atom. The number of aromatic nitrogens is 2. The Kier molecular flexibility index (Phi) is 5.74. The molecule has 1 saturated heterocycles. The molecule has 0 N–H and O–H groups in total. The molecular formula is C21H26N4O2. The van der Waals surface area contributed by atoms with Gasteiger partial charge in [0.05, 0.1) is 5.69 Å². The topological polar surface area (TPSA) is 58.4 Å². The van der Waals surface area contributed by atoms with E-state index in [1.807, 2.05) is 49.1 Å². The highest BCUT2D eigenvalue weighted by atomic mass is 16.2. The number of hydrogen-bond donors (Lipinski definition) is 0. The molecule has 1 atom stereocenters. The average molecular weight is 366 g/mol. The van der Waals surface area contributed by atoms with Gasteiger partial charge in [0, 0.05) is 51.9 Å². The number of carbonyl (C=O) groups is 2. The van der Waals surface area contributed by atoms with E-state index in [1.165, 1.54) is 6.08 Å². The fourth-order valence-corrected chi connectivity index (χ4v) is 3.59. The van der Waals surface area contributed by atoms with Gasteiger partial charge in [0.1, 0.15) is 0 Å². The van der Waals surface area contributed by atoms with Gasteiger partial charge in [0.15, 0.2) is 0 Å². The molecule has 2 amide bonds. The van der Waals surface area contributed by atoms with Crippen molar-refractivity contribution in [1.29, 1.82) is 0 Å². The zero-order valence-corrected chi connectivity index (χ0v) is 16.0. The Morgan fingerprint density at radius 3 is 2.78 bits per heavy atom. The molecule has 0 bridgehead atoms. The fourth-order valence-electron chi connectivity index (χ4n) is 3.59. The SMILES string of the molecule is C=CC(=O)N(Cc1ccccc1-c1ccnn1C)CC1CCN(C)C(=O)C1. The lowest BCUT2D eigenvalue weighted by atomic mass is 9.95. The first-order valence-electron chi connectivity index (χ1n) is 9.21. The molecule has 27 heavy (non-hydrogen) atoms. The van der Waals surface area contributed by atoms with Crippen molar-refractivity contribution in [3.8, 4) is 11.3 Å². The van der Waals surface area contributed by atoms with Crippen LogP contribution in [0.25, 0.3) is 11.3 Å². The third-order valence-electron chi connectivity index (χ3n) is 5.20. The van der Waals surface area contributed by atoms with Crippen LogP contribution >= 0.6 is 0 Å². The lowest BCUT2D eigenvalue weighted by Crippen LogP contribution is -2.41. The highest BCUT2D eigenvalue weighted by Crippen LogP contribution is 2.26. The molecule has 1 aliphatic heterocycles. The molecule has 0 saturated carbocycles. The maximum atomic E-state index is 12.5. The Balaban J connectivity index is 1.82. The van der Waals surface area contributed by atoms with E-state index in [0.717, 1.165) is 29.8 Å². The van der Waals surface area contributed by atoms with Crippen LogP contribution < -0.4 is 0 Å². The minimum atomic E-state index is -0.110. The van der Waals surface area contributed by atoms with Gasteiger partial charge in [-0.25, -0.2) is 0 Å². The van der Waals surface area contributed by atoms with Crippen molar-refractivity contribution in [2.24, 2.45) is 13.0 Å². The van der Waals surface area contributed by atoms with Crippen LogP contribution in [-0.2, 0) is 23.2 Å². The van der Waals surface area contributed by atoms with E-state index in [4.69, 9.17) is 0 Å². The van der Waals surface area contributed by atoms with Crippen molar-refractivity contribution in [3.63, 3.8) is 0 Å². The van der Waals surface area contributed by atoms with Crippen LogP contribution in [0.4, 0.5) is 0 Å². The van der Waals surface area contributed by atoms with E-state index < -0.39 is 0 Å². The molecule has 3 rings (SSSR count). The van der Waals surface area contributed by atoms with Crippen molar-refractivity contribution >= 4 is 11.8 Å². The van der Waals surface area contributed by atoms with Crippen molar-refractivity contribution in [2.45, 2.75) is 19.4 Å². The van der Waals surface area contributed by atoms with Crippen LogP contribution in [0.15, 0.2) is 49.2 Å². The van der Waals surface area contributed by atoms with Gasteiger partial charge in [-0.15, -0.1) is 0 Å². The zero-order chi connectivity index (χ0) is 19.4. The minimum Gasteiger partial charge on any atom is -0.346 e. The van der Waals surface area contributed by atoms with Crippen LogP contribution in [0.2, 0.25) is 0 Å². The number of amides is 2. The molecular weight excluding hydrogens is 340 g/mol. The summed E-state index contributed by atoms with van der Waals surface area (Å²) in [6.45, 7) is 5.43. The van der Waals surface area contributed by atoms with Crippen LogP contribution in [-0.4, -0.2) is 51.5 Å². The number of likely N-dealkylation sites (tertiary alicyclic amines) is 1. The summed E-state index contributed by atoms with van der Waals surface area (Å²) in [4.78, 5) is 28.1. The van der Waals surface area contributed by atoms with Crippen molar-refractivity contribution < 1.29 is 9.59 Å². The highest BCUT2D eigenvalue weighted by molar-refractivity contribution is 5.87. The normalized spacial score (nSPS) is 17.0. The number of nitrogens with zero attached hydrogens (tertiary/aromatic N) is 4. The minimum absolute atomic E-state index is 0.110. The van der Waals surface area contributed by atoms with Gasteiger partial charge in [0.25, 0.3) is 0 Å². The quantitative estimate of drug-likeness (QED) is 0.738. The summed E-state index contributed by atoms with van der Waals surface area (Å²) >= 11 is 0. The second-order valence-corrected chi connectivity index (χ2v) is 7.09. The first kappa shape index (κ1) is 18.9. The second kappa shape index (κ2) is 8.20. The van der Waals surface area contributed by atoms with Crippen LogP contribution in [0.3, 0.4) is 0 Å². The maximum Gasteiger partial charge on any atom is 0.246 e. The molecule has 1 aromatic heterocycles. The van der Waals surface area contributed by atoms with E-state index >= 15 is 0 Å². The van der Waals surface area contributed by atoms with Gasteiger partial charge >= 0.3 is 0 Å². The molecule has 2 heterocycles. The monoisotopic (exact) mass is 366 g/mol. The summed E-state index contributed by atoms with van der Waals surface area (Å²) < 4.78 is 1.83.